The molecule has 0 aromatic heterocycles. The third-order valence-electron chi connectivity index (χ3n) is 3.04. The van der Waals surface area contributed by atoms with Crippen LogP contribution in [0.15, 0.2) is 48.5 Å². The van der Waals surface area contributed by atoms with E-state index in [9.17, 15) is 4.39 Å². The van der Waals surface area contributed by atoms with Crippen molar-refractivity contribution in [2.45, 2.75) is 19.4 Å². The van der Waals surface area contributed by atoms with Crippen LogP contribution in [0, 0.1) is 17.1 Å². The minimum Gasteiger partial charge on any atom is -0.377 e. The highest BCUT2D eigenvalue weighted by Crippen LogP contribution is 2.25. The van der Waals surface area contributed by atoms with Crippen molar-refractivity contribution in [1.29, 1.82) is 5.26 Å². The second-order valence-electron chi connectivity index (χ2n) is 4.32. The highest BCUT2D eigenvalue weighted by atomic mass is 19.1. The zero-order valence-electron chi connectivity index (χ0n) is 10.7. The van der Waals surface area contributed by atoms with Crippen LogP contribution < -0.4 is 5.32 Å². The Balaban J connectivity index is 2.27. The summed E-state index contributed by atoms with van der Waals surface area (Å²) in [6.45, 7) is 2.03. The first kappa shape index (κ1) is 13.1. The lowest BCUT2D eigenvalue weighted by molar-refractivity contribution is 0.621. The van der Waals surface area contributed by atoms with Crippen LogP contribution in [-0.2, 0) is 0 Å². The molecule has 1 atom stereocenters. The number of nitrogens with one attached hydrogen (secondary N) is 1. The summed E-state index contributed by atoms with van der Waals surface area (Å²) < 4.78 is 13.3. The molecule has 0 bridgehead atoms. The van der Waals surface area contributed by atoms with Crippen molar-refractivity contribution >= 4 is 5.69 Å². The number of anilines is 1. The highest BCUT2D eigenvalue weighted by molar-refractivity contribution is 5.58. The Morgan fingerprint density at radius 3 is 2.68 bits per heavy atom. The molecular weight excluding hydrogens is 239 g/mol. The van der Waals surface area contributed by atoms with E-state index in [0.717, 1.165) is 17.7 Å². The van der Waals surface area contributed by atoms with E-state index in [1.807, 2.05) is 31.2 Å². The molecule has 0 saturated heterocycles. The zero-order valence-corrected chi connectivity index (χ0v) is 10.7. The van der Waals surface area contributed by atoms with Crippen molar-refractivity contribution in [2.75, 3.05) is 5.32 Å². The van der Waals surface area contributed by atoms with Crippen molar-refractivity contribution in [3.8, 4) is 6.07 Å². The summed E-state index contributed by atoms with van der Waals surface area (Å²) in [6, 6.07) is 16.0. The van der Waals surface area contributed by atoms with Gasteiger partial charge in [0.05, 0.1) is 17.3 Å². The molecule has 0 saturated carbocycles. The van der Waals surface area contributed by atoms with Crippen LogP contribution in [0.4, 0.5) is 10.1 Å². The van der Waals surface area contributed by atoms with Gasteiger partial charge in [-0.1, -0.05) is 31.2 Å². The summed E-state index contributed by atoms with van der Waals surface area (Å²) in [5.74, 6) is -0.244. The topological polar surface area (TPSA) is 35.8 Å². The molecule has 0 aliphatic rings. The number of halogens is 1. The largest absolute Gasteiger partial charge is 0.377 e. The molecule has 19 heavy (non-hydrogen) atoms. The first-order valence-corrected chi connectivity index (χ1v) is 6.25. The summed E-state index contributed by atoms with van der Waals surface area (Å²) in [5, 5.41) is 12.4. The van der Waals surface area contributed by atoms with Crippen molar-refractivity contribution in [2.24, 2.45) is 0 Å². The number of hydrogen-bond acceptors (Lipinski definition) is 2. The smallest absolute Gasteiger partial charge is 0.123 e. The number of para-hydroxylation sites is 1. The number of nitrogens with zero attached hydrogens (tertiary/aromatic N) is 1. The Labute approximate surface area is 112 Å². The van der Waals surface area contributed by atoms with Gasteiger partial charge in [-0.15, -0.1) is 0 Å². The Morgan fingerprint density at radius 1 is 1.21 bits per heavy atom. The van der Waals surface area contributed by atoms with E-state index in [-0.39, 0.29) is 11.9 Å². The molecule has 0 fully saturated rings. The summed E-state index contributed by atoms with van der Waals surface area (Å²) in [6.07, 6.45) is 0.809. The maximum atomic E-state index is 13.3. The van der Waals surface area contributed by atoms with Gasteiger partial charge in [-0.25, -0.2) is 4.39 Å². The van der Waals surface area contributed by atoms with Crippen LogP contribution in [0.25, 0.3) is 0 Å². The van der Waals surface area contributed by atoms with Crippen LogP contribution in [0.3, 0.4) is 0 Å². The van der Waals surface area contributed by atoms with Crippen molar-refractivity contribution in [1.82, 2.24) is 0 Å². The van der Waals surface area contributed by atoms with E-state index in [4.69, 9.17) is 5.26 Å². The molecule has 0 heterocycles. The first-order valence-electron chi connectivity index (χ1n) is 6.25. The van der Waals surface area contributed by atoms with E-state index in [1.165, 1.54) is 12.1 Å². The van der Waals surface area contributed by atoms with Crippen LogP contribution in [0.2, 0.25) is 0 Å². The fourth-order valence-corrected chi connectivity index (χ4v) is 2.04. The maximum Gasteiger partial charge on any atom is 0.123 e. The van der Waals surface area contributed by atoms with Gasteiger partial charge in [0.2, 0.25) is 0 Å². The Bertz CT molecular complexity index is 602. The van der Waals surface area contributed by atoms with Crippen molar-refractivity contribution in [3.63, 3.8) is 0 Å². The van der Waals surface area contributed by atoms with Crippen LogP contribution in [-0.4, -0.2) is 0 Å². The summed E-state index contributed by atoms with van der Waals surface area (Å²) >= 11 is 0. The van der Waals surface area contributed by atoms with Crippen molar-refractivity contribution < 1.29 is 4.39 Å². The summed E-state index contributed by atoms with van der Waals surface area (Å²) in [5.41, 5.74) is 2.26. The fraction of sp³-hybridized carbons (Fsp3) is 0.188. The van der Waals surface area contributed by atoms with Gasteiger partial charge < -0.3 is 5.32 Å². The molecule has 1 unspecified atom stereocenters. The normalized spacial score (nSPS) is 11.6. The monoisotopic (exact) mass is 254 g/mol. The molecular formula is C16H15FN2. The lowest BCUT2D eigenvalue weighted by Crippen LogP contribution is -2.10. The van der Waals surface area contributed by atoms with E-state index in [0.29, 0.717) is 5.56 Å². The first-order chi connectivity index (χ1) is 9.24. The van der Waals surface area contributed by atoms with E-state index < -0.39 is 0 Å². The van der Waals surface area contributed by atoms with E-state index in [1.54, 1.807) is 12.1 Å². The molecule has 96 valence electrons. The molecule has 2 nitrogen and oxygen atoms in total. The average molecular weight is 254 g/mol. The molecule has 0 aliphatic carbocycles. The molecule has 2 aromatic carbocycles. The van der Waals surface area contributed by atoms with Gasteiger partial charge in [-0.2, -0.15) is 5.26 Å². The Kier molecular flexibility index (Phi) is 4.15. The summed E-state index contributed by atoms with van der Waals surface area (Å²) in [7, 11) is 0. The second-order valence-corrected chi connectivity index (χ2v) is 4.32. The number of hydrogen-bond donors (Lipinski definition) is 1. The third kappa shape index (κ3) is 3.11. The van der Waals surface area contributed by atoms with Gasteiger partial charge in [-0.05, 0) is 36.2 Å². The van der Waals surface area contributed by atoms with Crippen LogP contribution in [0.5, 0.6) is 0 Å². The zero-order chi connectivity index (χ0) is 13.7. The minimum atomic E-state index is -0.244. The highest BCUT2D eigenvalue weighted by Gasteiger charge is 2.11. The molecule has 1 N–H and O–H groups in total. The van der Waals surface area contributed by atoms with E-state index >= 15 is 0 Å². The van der Waals surface area contributed by atoms with Crippen LogP contribution in [0.1, 0.15) is 30.5 Å². The quantitative estimate of drug-likeness (QED) is 0.884. The van der Waals surface area contributed by atoms with Gasteiger partial charge in [0, 0.05) is 0 Å². The molecule has 0 amide bonds. The van der Waals surface area contributed by atoms with Gasteiger partial charge in [-0.3, -0.25) is 0 Å². The molecule has 3 heteroatoms. The van der Waals surface area contributed by atoms with Crippen molar-refractivity contribution in [3.05, 3.63) is 65.5 Å². The Hall–Kier alpha value is -2.34. The van der Waals surface area contributed by atoms with Gasteiger partial charge >= 0.3 is 0 Å². The lowest BCUT2D eigenvalue weighted by atomic mass is 10.0. The number of nitriles is 1. The summed E-state index contributed by atoms with van der Waals surface area (Å²) in [4.78, 5) is 0. The Morgan fingerprint density at radius 2 is 2.00 bits per heavy atom. The minimum absolute atomic E-state index is 0.00907. The standard InChI is InChI=1S/C16H15FN2/c1-2-15(12-7-5-8-14(17)10-12)19-16-9-4-3-6-13(16)11-18/h3-10,15,19H,2H2,1H3. The van der Waals surface area contributed by atoms with E-state index in [2.05, 4.69) is 11.4 Å². The molecule has 2 rings (SSSR count). The van der Waals surface area contributed by atoms with Gasteiger partial charge in [0.25, 0.3) is 0 Å². The SMILES string of the molecule is CCC(Nc1ccccc1C#N)c1cccc(F)c1. The van der Waals surface area contributed by atoms with Gasteiger partial charge in [0.15, 0.2) is 0 Å². The predicted octanol–water partition coefficient (Wildman–Crippen LogP) is 4.26. The lowest BCUT2D eigenvalue weighted by Gasteiger charge is -2.19. The molecule has 0 spiro atoms. The third-order valence-corrected chi connectivity index (χ3v) is 3.04. The van der Waals surface area contributed by atoms with Crippen LogP contribution >= 0.6 is 0 Å². The predicted molar refractivity (Wildman–Crippen MR) is 74.2 cm³/mol. The number of benzene rings is 2. The fourth-order valence-electron chi connectivity index (χ4n) is 2.04. The molecule has 0 aliphatic heterocycles. The average Bonchev–Trinajstić information content (AvgIpc) is 2.45. The van der Waals surface area contributed by atoms with Gasteiger partial charge in [0.1, 0.15) is 11.9 Å². The second kappa shape index (κ2) is 6.01. The molecule has 0 radical (unpaired) electrons. The maximum absolute atomic E-state index is 13.3. The molecule has 2 aromatic rings. The number of rotatable bonds is 4.